The molecule has 1 aliphatic rings. The van der Waals surface area contributed by atoms with E-state index in [0.29, 0.717) is 6.10 Å². The molecule has 1 atom stereocenters. The van der Waals surface area contributed by atoms with Gasteiger partial charge in [0.25, 0.3) is 0 Å². The van der Waals surface area contributed by atoms with E-state index in [1.165, 1.54) is 19.4 Å². The number of piperidine rings is 1. The summed E-state index contributed by atoms with van der Waals surface area (Å²) >= 11 is 0. The van der Waals surface area contributed by atoms with Crippen LogP contribution in [-0.4, -0.2) is 43.3 Å². The first-order chi connectivity index (χ1) is 6.01. The third-order valence-electron chi connectivity index (χ3n) is 2.43. The van der Waals surface area contributed by atoms with Crippen molar-refractivity contribution >= 4 is 0 Å². The van der Waals surface area contributed by atoms with Crippen molar-refractivity contribution in [3.8, 4) is 0 Å². The second-order valence-corrected chi connectivity index (χ2v) is 4.72. The lowest BCUT2D eigenvalue weighted by atomic mass is 10.0. The predicted molar refractivity (Wildman–Crippen MR) is 54.7 cm³/mol. The topological polar surface area (TPSA) is 38.5 Å². The van der Waals surface area contributed by atoms with E-state index in [2.05, 4.69) is 18.7 Å². The zero-order valence-corrected chi connectivity index (χ0v) is 9.05. The minimum Gasteiger partial charge on any atom is -0.380 e. The molecule has 0 bridgehead atoms. The summed E-state index contributed by atoms with van der Waals surface area (Å²) < 4.78 is 5.35. The molecule has 13 heavy (non-hydrogen) atoms. The van der Waals surface area contributed by atoms with Gasteiger partial charge in [0.1, 0.15) is 0 Å². The summed E-state index contributed by atoms with van der Waals surface area (Å²) in [5.41, 5.74) is 5.88. The van der Waals surface area contributed by atoms with Crippen LogP contribution in [0.3, 0.4) is 0 Å². The van der Waals surface area contributed by atoms with Gasteiger partial charge in [-0.25, -0.2) is 0 Å². The molecular formula is C10H22N2O. The summed E-state index contributed by atoms with van der Waals surface area (Å²) in [6.07, 6.45) is 2.84. The van der Waals surface area contributed by atoms with Crippen LogP contribution in [0.25, 0.3) is 0 Å². The van der Waals surface area contributed by atoms with Gasteiger partial charge in [0.2, 0.25) is 0 Å². The van der Waals surface area contributed by atoms with E-state index in [-0.39, 0.29) is 5.54 Å². The lowest BCUT2D eigenvalue weighted by Crippen LogP contribution is -2.49. The molecule has 0 spiro atoms. The first-order valence-electron chi connectivity index (χ1n) is 5.05. The van der Waals surface area contributed by atoms with Crippen molar-refractivity contribution in [2.45, 2.75) is 38.3 Å². The van der Waals surface area contributed by atoms with Gasteiger partial charge < -0.3 is 10.5 Å². The van der Waals surface area contributed by atoms with Gasteiger partial charge in [0.05, 0.1) is 6.10 Å². The first kappa shape index (κ1) is 11.0. The number of nitrogens with zero attached hydrogens (tertiary/aromatic N) is 1. The predicted octanol–water partition coefficient (Wildman–Crippen LogP) is 0.835. The highest BCUT2D eigenvalue weighted by Crippen LogP contribution is 2.14. The quantitative estimate of drug-likeness (QED) is 0.709. The van der Waals surface area contributed by atoms with Crippen LogP contribution in [0.1, 0.15) is 26.7 Å². The molecule has 0 aromatic carbocycles. The fourth-order valence-electron chi connectivity index (χ4n) is 1.93. The summed E-state index contributed by atoms with van der Waals surface area (Å²) in [6, 6.07) is 0. The zero-order valence-electron chi connectivity index (χ0n) is 9.05. The van der Waals surface area contributed by atoms with Gasteiger partial charge in [-0.2, -0.15) is 0 Å². The smallest absolute Gasteiger partial charge is 0.0698 e. The van der Waals surface area contributed by atoms with Crippen LogP contribution in [0, 0.1) is 0 Å². The number of hydrogen-bond donors (Lipinski definition) is 1. The Morgan fingerprint density at radius 1 is 1.54 bits per heavy atom. The zero-order chi connectivity index (χ0) is 9.90. The Morgan fingerprint density at radius 3 is 2.77 bits per heavy atom. The molecule has 1 rings (SSSR count). The maximum atomic E-state index is 5.97. The summed E-state index contributed by atoms with van der Waals surface area (Å²) in [4.78, 5) is 2.40. The van der Waals surface area contributed by atoms with Gasteiger partial charge in [-0.1, -0.05) is 0 Å². The van der Waals surface area contributed by atoms with Gasteiger partial charge in [-0.3, -0.25) is 4.90 Å². The van der Waals surface area contributed by atoms with Crippen molar-refractivity contribution in [2.24, 2.45) is 5.73 Å². The standard InChI is InChI=1S/C10H22N2O/c1-10(2,11)8-12-6-4-5-9(7-12)13-3/h9H,4-8,11H2,1-3H3. The molecule has 2 N–H and O–H groups in total. The molecule has 0 saturated carbocycles. The Hall–Kier alpha value is -0.120. The molecule has 1 heterocycles. The number of rotatable bonds is 3. The highest BCUT2D eigenvalue weighted by atomic mass is 16.5. The fourth-order valence-corrected chi connectivity index (χ4v) is 1.93. The van der Waals surface area contributed by atoms with Gasteiger partial charge in [-0.05, 0) is 33.2 Å². The second-order valence-electron chi connectivity index (χ2n) is 4.72. The molecule has 0 amide bonds. The molecular weight excluding hydrogens is 164 g/mol. The number of likely N-dealkylation sites (tertiary alicyclic amines) is 1. The van der Waals surface area contributed by atoms with Crippen LogP contribution in [0.4, 0.5) is 0 Å². The van der Waals surface area contributed by atoms with Crippen LogP contribution in [-0.2, 0) is 4.74 Å². The minimum absolute atomic E-state index is 0.0877. The second kappa shape index (κ2) is 4.40. The molecule has 78 valence electrons. The largest absolute Gasteiger partial charge is 0.380 e. The van der Waals surface area contributed by atoms with Crippen LogP contribution < -0.4 is 5.73 Å². The molecule has 1 unspecified atom stereocenters. The van der Waals surface area contributed by atoms with Gasteiger partial charge in [-0.15, -0.1) is 0 Å². The van der Waals surface area contributed by atoms with Crippen LogP contribution in [0.5, 0.6) is 0 Å². The SMILES string of the molecule is COC1CCCN(CC(C)(C)N)C1. The first-order valence-corrected chi connectivity index (χ1v) is 5.05. The third kappa shape index (κ3) is 4.07. The fraction of sp³-hybridized carbons (Fsp3) is 1.00. The van der Waals surface area contributed by atoms with E-state index in [0.717, 1.165) is 13.1 Å². The lowest BCUT2D eigenvalue weighted by Gasteiger charge is -2.35. The number of hydrogen-bond acceptors (Lipinski definition) is 3. The van der Waals surface area contributed by atoms with E-state index < -0.39 is 0 Å². The van der Waals surface area contributed by atoms with Crippen LogP contribution >= 0.6 is 0 Å². The Kier molecular flexibility index (Phi) is 3.71. The van der Waals surface area contributed by atoms with Gasteiger partial charge in [0.15, 0.2) is 0 Å². The highest BCUT2D eigenvalue weighted by Gasteiger charge is 2.23. The molecule has 0 aromatic heterocycles. The molecule has 0 radical (unpaired) electrons. The molecule has 3 heteroatoms. The van der Waals surface area contributed by atoms with E-state index in [9.17, 15) is 0 Å². The Bertz CT molecular complexity index is 153. The Morgan fingerprint density at radius 2 is 2.23 bits per heavy atom. The minimum atomic E-state index is -0.0877. The van der Waals surface area contributed by atoms with Gasteiger partial charge in [0, 0.05) is 25.7 Å². The van der Waals surface area contributed by atoms with Crippen molar-refractivity contribution in [1.82, 2.24) is 4.90 Å². The van der Waals surface area contributed by atoms with Crippen molar-refractivity contribution < 1.29 is 4.74 Å². The maximum absolute atomic E-state index is 5.97. The molecule has 3 nitrogen and oxygen atoms in total. The normalized spacial score (nSPS) is 26.3. The van der Waals surface area contributed by atoms with Crippen LogP contribution in [0.2, 0.25) is 0 Å². The number of nitrogens with two attached hydrogens (primary N) is 1. The highest BCUT2D eigenvalue weighted by molar-refractivity contribution is 4.81. The van der Waals surface area contributed by atoms with Crippen LogP contribution in [0.15, 0.2) is 0 Å². The molecule has 0 aliphatic carbocycles. The Balaban J connectivity index is 2.34. The molecule has 1 fully saturated rings. The maximum Gasteiger partial charge on any atom is 0.0698 e. The summed E-state index contributed by atoms with van der Waals surface area (Å²) in [5.74, 6) is 0. The van der Waals surface area contributed by atoms with Crippen molar-refractivity contribution in [2.75, 3.05) is 26.7 Å². The number of ether oxygens (including phenoxy) is 1. The van der Waals surface area contributed by atoms with E-state index in [4.69, 9.17) is 10.5 Å². The third-order valence-corrected chi connectivity index (χ3v) is 2.43. The summed E-state index contributed by atoms with van der Waals surface area (Å²) in [5, 5.41) is 0. The molecule has 1 saturated heterocycles. The number of methoxy groups -OCH3 is 1. The van der Waals surface area contributed by atoms with Crippen molar-refractivity contribution in [1.29, 1.82) is 0 Å². The molecule has 0 aromatic rings. The summed E-state index contributed by atoms with van der Waals surface area (Å²) in [6.45, 7) is 7.32. The van der Waals surface area contributed by atoms with E-state index in [1.807, 2.05) is 0 Å². The van der Waals surface area contributed by atoms with Gasteiger partial charge >= 0.3 is 0 Å². The van der Waals surface area contributed by atoms with Crippen molar-refractivity contribution in [3.05, 3.63) is 0 Å². The Labute approximate surface area is 81.2 Å². The summed E-state index contributed by atoms with van der Waals surface area (Å²) in [7, 11) is 1.79. The molecule has 1 aliphatic heterocycles. The van der Waals surface area contributed by atoms with Crippen molar-refractivity contribution in [3.63, 3.8) is 0 Å². The monoisotopic (exact) mass is 186 g/mol. The average Bonchev–Trinajstić information content (AvgIpc) is 2.01. The van der Waals surface area contributed by atoms with E-state index in [1.54, 1.807) is 7.11 Å². The average molecular weight is 186 g/mol. The van der Waals surface area contributed by atoms with E-state index >= 15 is 0 Å². The lowest BCUT2D eigenvalue weighted by molar-refractivity contribution is 0.0256.